The van der Waals surface area contributed by atoms with Crippen LogP contribution >= 0.6 is 0 Å². The van der Waals surface area contributed by atoms with Crippen LogP contribution in [0.25, 0.3) is 0 Å². The number of amides is 3. The largest absolute Gasteiger partial charge is 0.479 e. The van der Waals surface area contributed by atoms with Crippen molar-refractivity contribution in [3.05, 3.63) is 54.1 Å². The standard InChI is InChI=1S/C22H25N3O4/c1-4-16-9-5-6-10-17(16)23-20(26)13-24(3)21(27)14-25-18-11-7-8-12-19(18)29-15(2)22(25)28/h5-12,15H,4,13-14H2,1-3H3,(H,23,26). The van der Waals surface area contributed by atoms with E-state index in [4.69, 9.17) is 4.74 Å². The van der Waals surface area contributed by atoms with Crippen LogP contribution < -0.4 is 15.0 Å². The molecule has 2 aromatic carbocycles. The lowest BCUT2D eigenvalue weighted by atomic mass is 10.1. The molecule has 29 heavy (non-hydrogen) atoms. The van der Waals surface area contributed by atoms with Crippen LogP contribution in [0.5, 0.6) is 5.75 Å². The number of carbonyl (C=O) groups is 3. The van der Waals surface area contributed by atoms with Gasteiger partial charge in [-0.15, -0.1) is 0 Å². The summed E-state index contributed by atoms with van der Waals surface area (Å²) in [7, 11) is 1.55. The summed E-state index contributed by atoms with van der Waals surface area (Å²) in [6.45, 7) is 3.41. The molecule has 1 N–H and O–H groups in total. The first-order valence-electron chi connectivity index (χ1n) is 9.59. The van der Waals surface area contributed by atoms with Gasteiger partial charge >= 0.3 is 0 Å². The van der Waals surface area contributed by atoms with E-state index in [9.17, 15) is 14.4 Å². The Morgan fingerprint density at radius 1 is 1.14 bits per heavy atom. The van der Waals surface area contributed by atoms with Crippen LogP contribution in [0.1, 0.15) is 19.4 Å². The molecule has 1 atom stereocenters. The van der Waals surface area contributed by atoms with Crippen molar-refractivity contribution in [2.45, 2.75) is 26.4 Å². The molecule has 0 saturated carbocycles. The van der Waals surface area contributed by atoms with Crippen LogP contribution in [-0.2, 0) is 20.8 Å². The molecule has 1 aliphatic heterocycles. The maximum atomic E-state index is 12.7. The number of fused-ring (bicyclic) bond motifs is 1. The van der Waals surface area contributed by atoms with Gasteiger partial charge in [-0.3, -0.25) is 19.3 Å². The molecule has 1 unspecified atom stereocenters. The Morgan fingerprint density at radius 2 is 1.83 bits per heavy atom. The number of carbonyl (C=O) groups excluding carboxylic acids is 3. The molecule has 0 spiro atoms. The Hall–Kier alpha value is -3.35. The minimum Gasteiger partial charge on any atom is -0.479 e. The van der Waals surface area contributed by atoms with Gasteiger partial charge in [0.15, 0.2) is 6.10 Å². The van der Waals surface area contributed by atoms with Crippen LogP contribution in [0.2, 0.25) is 0 Å². The lowest BCUT2D eigenvalue weighted by molar-refractivity contribution is -0.134. The van der Waals surface area contributed by atoms with Crippen LogP contribution in [-0.4, -0.2) is 48.9 Å². The average molecular weight is 395 g/mol. The SMILES string of the molecule is CCc1ccccc1NC(=O)CN(C)C(=O)CN1C(=O)C(C)Oc2ccccc21. The molecule has 7 heteroatoms. The predicted molar refractivity (Wildman–Crippen MR) is 111 cm³/mol. The van der Waals surface area contributed by atoms with E-state index in [1.165, 1.54) is 9.80 Å². The quantitative estimate of drug-likeness (QED) is 0.815. The van der Waals surface area contributed by atoms with Gasteiger partial charge in [-0.05, 0) is 37.1 Å². The molecule has 0 fully saturated rings. The van der Waals surface area contributed by atoms with Gasteiger partial charge in [-0.1, -0.05) is 37.3 Å². The zero-order valence-corrected chi connectivity index (χ0v) is 16.8. The second kappa shape index (κ2) is 8.77. The number of anilines is 2. The van der Waals surface area contributed by atoms with Crippen LogP contribution in [0.4, 0.5) is 11.4 Å². The number of nitrogens with one attached hydrogen (secondary N) is 1. The van der Waals surface area contributed by atoms with E-state index < -0.39 is 6.10 Å². The molecule has 1 aliphatic rings. The highest BCUT2D eigenvalue weighted by atomic mass is 16.5. The van der Waals surface area contributed by atoms with Crippen molar-refractivity contribution in [1.82, 2.24) is 4.90 Å². The third-order valence-corrected chi connectivity index (χ3v) is 4.85. The fraction of sp³-hybridized carbons (Fsp3) is 0.318. The van der Waals surface area contributed by atoms with E-state index >= 15 is 0 Å². The highest BCUT2D eigenvalue weighted by Gasteiger charge is 2.33. The molecule has 2 aromatic rings. The molecule has 0 bridgehead atoms. The summed E-state index contributed by atoms with van der Waals surface area (Å²) in [6.07, 6.45) is 0.124. The van der Waals surface area contributed by atoms with Gasteiger partial charge in [-0.2, -0.15) is 0 Å². The van der Waals surface area contributed by atoms with E-state index in [-0.39, 0.29) is 30.8 Å². The van der Waals surface area contributed by atoms with Gasteiger partial charge in [0.2, 0.25) is 11.8 Å². The van der Waals surface area contributed by atoms with Gasteiger partial charge in [-0.25, -0.2) is 0 Å². The van der Waals surface area contributed by atoms with Crippen molar-refractivity contribution < 1.29 is 19.1 Å². The predicted octanol–water partition coefficient (Wildman–Crippen LogP) is 2.46. The maximum absolute atomic E-state index is 12.7. The lowest BCUT2D eigenvalue weighted by Crippen LogP contribution is -2.49. The molecule has 3 rings (SSSR count). The lowest BCUT2D eigenvalue weighted by Gasteiger charge is -2.33. The Balaban J connectivity index is 1.65. The number of benzene rings is 2. The van der Waals surface area contributed by atoms with Crippen molar-refractivity contribution in [2.75, 3.05) is 30.4 Å². The first-order chi connectivity index (χ1) is 13.9. The van der Waals surface area contributed by atoms with Crippen LogP contribution in [0.15, 0.2) is 48.5 Å². The fourth-order valence-corrected chi connectivity index (χ4v) is 3.22. The number of para-hydroxylation sites is 3. The average Bonchev–Trinajstić information content (AvgIpc) is 2.71. The van der Waals surface area contributed by atoms with E-state index in [1.807, 2.05) is 37.3 Å². The highest BCUT2D eigenvalue weighted by Crippen LogP contribution is 2.33. The van der Waals surface area contributed by atoms with E-state index in [0.717, 1.165) is 17.7 Å². The third kappa shape index (κ3) is 4.56. The highest BCUT2D eigenvalue weighted by molar-refractivity contribution is 6.04. The summed E-state index contributed by atoms with van der Waals surface area (Å²) < 4.78 is 5.59. The maximum Gasteiger partial charge on any atom is 0.268 e. The summed E-state index contributed by atoms with van der Waals surface area (Å²) >= 11 is 0. The summed E-state index contributed by atoms with van der Waals surface area (Å²) in [5, 5.41) is 2.85. The molecule has 3 amide bonds. The molecular weight excluding hydrogens is 370 g/mol. The van der Waals surface area contributed by atoms with E-state index in [2.05, 4.69) is 5.32 Å². The van der Waals surface area contributed by atoms with E-state index in [1.54, 1.807) is 32.2 Å². The first-order valence-corrected chi connectivity index (χ1v) is 9.59. The van der Waals surface area contributed by atoms with Crippen molar-refractivity contribution in [3.63, 3.8) is 0 Å². The number of ether oxygens (including phenoxy) is 1. The number of nitrogens with zero attached hydrogens (tertiary/aromatic N) is 2. The van der Waals surface area contributed by atoms with Crippen LogP contribution in [0.3, 0.4) is 0 Å². The molecule has 0 saturated heterocycles. The minimum absolute atomic E-state index is 0.105. The Labute approximate surface area is 170 Å². The zero-order valence-electron chi connectivity index (χ0n) is 16.8. The summed E-state index contributed by atoms with van der Waals surface area (Å²) in [4.78, 5) is 40.4. The Bertz CT molecular complexity index is 928. The van der Waals surface area contributed by atoms with Crippen LogP contribution in [0, 0.1) is 0 Å². The van der Waals surface area contributed by atoms with E-state index in [0.29, 0.717) is 11.4 Å². The van der Waals surface area contributed by atoms with Gasteiger partial charge in [0.05, 0.1) is 12.2 Å². The summed E-state index contributed by atoms with van der Waals surface area (Å²) in [6, 6.07) is 14.7. The molecule has 1 heterocycles. The molecule has 152 valence electrons. The fourth-order valence-electron chi connectivity index (χ4n) is 3.22. The molecular formula is C22H25N3O4. The molecule has 0 aliphatic carbocycles. The second-order valence-electron chi connectivity index (χ2n) is 6.96. The molecule has 0 radical (unpaired) electrons. The molecule has 7 nitrogen and oxygen atoms in total. The van der Waals surface area contributed by atoms with Gasteiger partial charge in [0, 0.05) is 12.7 Å². The topological polar surface area (TPSA) is 79.0 Å². The van der Waals surface area contributed by atoms with Crippen molar-refractivity contribution in [1.29, 1.82) is 0 Å². The number of hydrogen-bond acceptors (Lipinski definition) is 4. The number of likely N-dealkylation sites (N-methyl/N-ethyl adjacent to an activating group) is 1. The van der Waals surface area contributed by atoms with Gasteiger partial charge in [0.25, 0.3) is 5.91 Å². The van der Waals surface area contributed by atoms with Crippen molar-refractivity contribution in [3.8, 4) is 5.75 Å². The van der Waals surface area contributed by atoms with Gasteiger partial charge in [0.1, 0.15) is 12.3 Å². The minimum atomic E-state index is -0.670. The number of aryl methyl sites for hydroxylation is 1. The first kappa shape index (κ1) is 20.4. The normalized spacial score (nSPS) is 15.3. The Morgan fingerprint density at radius 3 is 2.59 bits per heavy atom. The number of hydrogen-bond donors (Lipinski definition) is 1. The van der Waals surface area contributed by atoms with Crippen molar-refractivity contribution >= 4 is 29.1 Å². The smallest absolute Gasteiger partial charge is 0.268 e. The monoisotopic (exact) mass is 395 g/mol. The zero-order chi connectivity index (χ0) is 21.0. The second-order valence-corrected chi connectivity index (χ2v) is 6.96. The Kier molecular flexibility index (Phi) is 6.16. The molecule has 0 aromatic heterocycles. The van der Waals surface area contributed by atoms with Gasteiger partial charge < -0.3 is 15.0 Å². The summed E-state index contributed by atoms with van der Waals surface area (Å²) in [5.74, 6) is -0.347. The van der Waals surface area contributed by atoms with Crippen molar-refractivity contribution in [2.24, 2.45) is 0 Å². The third-order valence-electron chi connectivity index (χ3n) is 4.85. The summed E-state index contributed by atoms with van der Waals surface area (Å²) in [5.41, 5.74) is 2.32. The number of rotatable bonds is 6.